The third kappa shape index (κ3) is 5.04. The maximum absolute atomic E-state index is 9.82. The number of nitrogens with one attached hydrogen (secondary N) is 1. The van der Waals surface area contributed by atoms with Crippen molar-refractivity contribution >= 4 is 48.8 Å². The van der Waals surface area contributed by atoms with Gasteiger partial charge in [-0.2, -0.15) is 10.5 Å². The SMILES string of the molecule is Cc1cc(C#N)ccc1-c1cc2c3cc4c(cc3c(-c3ccc(C#N)cc3C)cc2c2ccc(C3=CC=CCN3)cc12)-c1ccc(-c2ccccc2)c2cccc-4c12. The summed E-state index contributed by atoms with van der Waals surface area (Å²) in [6.45, 7) is 5.01. The highest BCUT2D eigenvalue weighted by atomic mass is 14.9. The Morgan fingerprint density at radius 1 is 0.431 bits per heavy atom. The van der Waals surface area contributed by atoms with Gasteiger partial charge >= 0.3 is 0 Å². The molecule has 0 amide bonds. The molecule has 9 aromatic rings. The summed E-state index contributed by atoms with van der Waals surface area (Å²) in [6.07, 6.45) is 6.37. The van der Waals surface area contributed by atoms with Crippen molar-refractivity contribution in [3.05, 3.63) is 186 Å². The smallest absolute Gasteiger partial charge is 0.0991 e. The molecule has 0 spiro atoms. The summed E-state index contributed by atoms with van der Waals surface area (Å²) in [7, 11) is 0. The third-order valence-electron chi connectivity index (χ3n) is 12.3. The van der Waals surface area contributed by atoms with Crippen LogP contribution in [0.3, 0.4) is 0 Å². The van der Waals surface area contributed by atoms with Crippen molar-refractivity contribution in [3.63, 3.8) is 0 Å². The van der Waals surface area contributed by atoms with Gasteiger partial charge < -0.3 is 5.32 Å². The summed E-state index contributed by atoms with van der Waals surface area (Å²) in [5.41, 5.74) is 17.6. The number of hydrogen-bond donors (Lipinski definition) is 1. The molecule has 0 fully saturated rings. The number of nitriles is 2. The van der Waals surface area contributed by atoms with Gasteiger partial charge in [-0.25, -0.2) is 0 Å². The Labute approximate surface area is 337 Å². The van der Waals surface area contributed by atoms with E-state index in [4.69, 9.17) is 0 Å². The van der Waals surface area contributed by atoms with Gasteiger partial charge in [0.25, 0.3) is 0 Å². The normalized spacial score (nSPS) is 12.7. The van der Waals surface area contributed by atoms with Crippen LogP contribution in [0.1, 0.15) is 27.8 Å². The average molecular weight is 738 g/mol. The minimum absolute atomic E-state index is 0.656. The predicted octanol–water partition coefficient (Wildman–Crippen LogP) is 13.8. The van der Waals surface area contributed by atoms with E-state index in [-0.39, 0.29) is 0 Å². The van der Waals surface area contributed by atoms with Gasteiger partial charge in [0.05, 0.1) is 23.3 Å². The Balaban J connectivity index is 1.27. The first-order valence-electron chi connectivity index (χ1n) is 19.8. The fourth-order valence-electron chi connectivity index (χ4n) is 9.61. The third-order valence-corrected chi connectivity index (χ3v) is 12.3. The molecule has 1 aliphatic carbocycles. The quantitative estimate of drug-likeness (QED) is 0.183. The van der Waals surface area contributed by atoms with Crippen LogP contribution in [0.2, 0.25) is 0 Å². The lowest BCUT2D eigenvalue weighted by atomic mass is 9.84. The van der Waals surface area contributed by atoms with Gasteiger partial charge in [0.2, 0.25) is 0 Å². The zero-order valence-electron chi connectivity index (χ0n) is 32.1. The molecule has 2 aliphatic rings. The Kier molecular flexibility index (Phi) is 7.49. The monoisotopic (exact) mass is 737 g/mol. The van der Waals surface area contributed by atoms with E-state index in [1.54, 1.807) is 0 Å². The van der Waals surface area contributed by atoms with Gasteiger partial charge in [-0.3, -0.25) is 0 Å². The van der Waals surface area contributed by atoms with Gasteiger partial charge in [0, 0.05) is 12.2 Å². The summed E-state index contributed by atoms with van der Waals surface area (Å²) < 4.78 is 0. The number of allylic oxidation sites excluding steroid dienone is 2. The van der Waals surface area contributed by atoms with Gasteiger partial charge in [0.1, 0.15) is 0 Å². The molecule has 11 rings (SSSR count). The van der Waals surface area contributed by atoms with Crippen molar-refractivity contribution < 1.29 is 0 Å². The van der Waals surface area contributed by atoms with Crippen molar-refractivity contribution in [2.75, 3.05) is 6.54 Å². The highest BCUT2D eigenvalue weighted by Crippen LogP contribution is 2.53. The zero-order valence-corrected chi connectivity index (χ0v) is 32.1. The first-order chi connectivity index (χ1) is 28.5. The van der Waals surface area contributed by atoms with Crippen LogP contribution in [0.5, 0.6) is 0 Å². The summed E-state index contributed by atoms with van der Waals surface area (Å²) in [4.78, 5) is 0. The lowest BCUT2D eigenvalue weighted by molar-refractivity contribution is 0.996. The van der Waals surface area contributed by atoms with E-state index in [9.17, 15) is 10.5 Å². The lowest BCUT2D eigenvalue weighted by Crippen LogP contribution is -2.14. The van der Waals surface area contributed by atoms with E-state index in [2.05, 4.69) is 165 Å². The Morgan fingerprint density at radius 3 is 1.67 bits per heavy atom. The van der Waals surface area contributed by atoms with Gasteiger partial charge in [-0.15, -0.1) is 0 Å². The number of fused-ring (bicyclic) bond motifs is 8. The number of benzene rings is 9. The minimum atomic E-state index is 0.656. The molecule has 1 aliphatic heterocycles. The molecular formula is C55H35N3. The zero-order chi connectivity index (χ0) is 39.1. The second kappa shape index (κ2) is 12.9. The highest BCUT2D eigenvalue weighted by molar-refractivity contribution is 6.28. The highest BCUT2D eigenvalue weighted by Gasteiger charge is 2.26. The molecule has 0 radical (unpaired) electrons. The molecule has 270 valence electrons. The summed E-state index contributed by atoms with van der Waals surface area (Å²) in [5, 5.41) is 32.8. The van der Waals surface area contributed by atoms with Crippen LogP contribution in [0.15, 0.2) is 158 Å². The lowest BCUT2D eigenvalue weighted by Gasteiger charge is -2.20. The summed E-state index contributed by atoms with van der Waals surface area (Å²) in [6, 6.07) is 55.2. The first kappa shape index (κ1) is 33.6. The Morgan fingerprint density at radius 2 is 1.02 bits per heavy atom. The second-order valence-electron chi connectivity index (χ2n) is 15.6. The number of dihydropyridines is 1. The van der Waals surface area contributed by atoms with E-state index in [0.29, 0.717) is 11.1 Å². The summed E-state index contributed by atoms with van der Waals surface area (Å²) in [5.74, 6) is 0. The Bertz CT molecular complexity index is 3420. The minimum Gasteiger partial charge on any atom is -0.381 e. The van der Waals surface area contributed by atoms with Crippen LogP contribution in [-0.4, -0.2) is 6.54 Å². The van der Waals surface area contributed by atoms with E-state index >= 15 is 0 Å². The molecule has 0 aromatic heterocycles. The van der Waals surface area contributed by atoms with E-state index in [1.165, 1.54) is 71.1 Å². The maximum Gasteiger partial charge on any atom is 0.0991 e. The molecule has 9 aromatic carbocycles. The van der Waals surface area contributed by atoms with Crippen LogP contribution in [0.4, 0.5) is 0 Å². The van der Waals surface area contributed by atoms with Gasteiger partial charge in [-0.1, -0.05) is 97.1 Å². The fourth-order valence-corrected chi connectivity index (χ4v) is 9.61. The molecule has 58 heavy (non-hydrogen) atoms. The average Bonchev–Trinajstić information content (AvgIpc) is 3.59. The molecule has 0 atom stereocenters. The van der Waals surface area contributed by atoms with Gasteiger partial charge in [-0.05, 0) is 190 Å². The van der Waals surface area contributed by atoms with Crippen LogP contribution < -0.4 is 5.32 Å². The molecule has 0 saturated heterocycles. The van der Waals surface area contributed by atoms with Crippen LogP contribution in [0, 0.1) is 36.5 Å². The topological polar surface area (TPSA) is 59.6 Å². The van der Waals surface area contributed by atoms with Crippen molar-refractivity contribution in [1.82, 2.24) is 5.32 Å². The summed E-state index contributed by atoms with van der Waals surface area (Å²) >= 11 is 0. The number of rotatable bonds is 4. The van der Waals surface area contributed by atoms with Crippen molar-refractivity contribution in [2.45, 2.75) is 13.8 Å². The van der Waals surface area contributed by atoms with E-state index in [1.807, 2.05) is 24.3 Å². The molecular weight excluding hydrogens is 703 g/mol. The van der Waals surface area contributed by atoms with Crippen LogP contribution in [0.25, 0.3) is 104 Å². The molecule has 1 heterocycles. The molecule has 0 bridgehead atoms. The molecule has 1 N–H and O–H groups in total. The predicted molar refractivity (Wildman–Crippen MR) is 241 cm³/mol. The largest absolute Gasteiger partial charge is 0.381 e. The molecule has 0 unspecified atom stereocenters. The molecule has 3 heteroatoms. The van der Waals surface area contributed by atoms with Crippen molar-refractivity contribution in [3.8, 4) is 67.8 Å². The maximum atomic E-state index is 9.82. The molecule has 3 nitrogen and oxygen atoms in total. The second-order valence-corrected chi connectivity index (χ2v) is 15.6. The fraction of sp³-hybridized carbons (Fsp3) is 0.0545. The number of aryl methyl sites for hydroxylation is 2. The van der Waals surface area contributed by atoms with Crippen molar-refractivity contribution in [2.24, 2.45) is 0 Å². The Hall–Kier alpha value is -7.72. The van der Waals surface area contributed by atoms with Gasteiger partial charge in [0.15, 0.2) is 0 Å². The standard InChI is InChI=1S/C55H35N3/c1-32-23-34(30-56)14-17-38(32)46-27-52-48(41-19-16-37(25-45(41)46)54-13-6-7-22-58-54)26-47(39-18-15-35(31-57)24-33(39)2)51-29-50-44-21-20-40(36-9-4-3-5-10-36)42-11-8-12-43(55(42)44)49(50)28-53(51)52/h3-21,23-29,58H,22H2,1-2H3. The van der Waals surface area contributed by atoms with E-state index < -0.39 is 0 Å². The van der Waals surface area contributed by atoms with Crippen molar-refractivity contribution in [1.29, 1.82) is 10.5 Å². The first-order valence-corrected chi connectivity index (χ1v) is 19.8. The number of nitrogens with zero attached hydrogens (tertiary/aromatic N) is 2. The van der Waals surface area contributed by atoms with Crippen LogP contribution in [-0.2, 0) is 0 Å². The number of hydrogen-bond acceptors (Lipinski definition) is 3. The molecule has 0 saturated carbocycles. The van der Waals surface area contributed by atoms with Crippen LogP contribution >= 0.6 is 0 Å². The van der Waals surface area contributed by atoms with E-state index in [0.717, 1.165) is 56.6 Å².